The van der Waals surface area contributed by atoms with Crippen LogP contribution >= 0.6 is 0 Å². The summed E-state index contributed by atoms with van der Waals surface area (Å²) in [6.45, 7) is 1.01. The van der Waals surface area contributed by atoms with E-state index in [2.05, 4.69) is 14.8 Å². The molecule has 2 amide bonds. The van der Waals surface area contributed by atoms with Crippen LogP contribution in [0.5, 0.6) is 0 Å². The maximum Gasteiger partial charge on any atom is 0.409 e. The molecule has 7 heteroatoms. The van der Waals surface area contributed by atoms with E-state index in [0.29, 0.717) is 37.2 Å². The van der Waals surface area contributed by atoms with E-state index in [4.69, 9.17) is 0 Å². The molecule has 1 aliphatic rings. The van der Waals surface area contributed by atoms with E-state index in [1.54, 1.807) is 29.2 Å². The van der Waals surface area contributed by atoms with Crippen molar-refractivity contribution in [2.45, 2.75) is 12.8 Å². The summed E-state index contributed by atoms with van der Waals surface area (Å²) in [6.07, 6.45) is 0.838. The number of carbonyl (C=O) groups excluding carboxylic acids is 3. The average Bonchev–Trinajstić information content (AvgIpc) is 2.61. The van der Waals surface area contributed by atoms with Gasteiger partial charge in [-0.3, -0.25) is 4.79 Å². The van der Waals surface area contributed by atoms with Crippen LogP contribution < -0.4 is 5.32 Å². The molecule has 0 atom stereocenters. The lowest BCUT2D eigenvalue weighted by molar-refractivity contribution is -0.121. The first-order chi connectivity index (χ1) is 11.0. The minimum Gasteiger partial charge on any atom is -0.465 e. The summed E-state index contributed by atoms with van der Waals surface area (Å²) in [6, 6.07) is 6.52. The number of ether oxygens (including phenoxy) is 2. The zero-order valence-corrected chi connectivity index (χ0v) is 13.2. The van der Waals surface area contributed by atoms with Crippen molar-refractivity contribution in [1.29, 1.82) is 0 Å². The average molecular weight is 320 g/mol. The zero-order valence-electron chi connectivity index (χ0n) is 13.2. The molecule has 23 heavy (non-hydrogen) atoms. The predicted molar refractivity (Wildman–Crippen MR) is 83.1 cm³/mol. The predicted octanol–water partition coefficient (Wildman–Crippen LogP) is 1.89. The lowest BCUT2D eigenvalue weighted by Gasteiger charge is -2.30. The summed E-state index contributed by atoms with van der Waals surface area (Å²) < 4.78 is 9.29. The number of nitrogens with one attached hydrogen (secondary N) is 1. The molecular weight excluding hydrogens is 300 g/mol. The van der Waals surface area contributed by atoms with E-state index < -0.39 is 5.97 Å². The normalized spacial score (nSPS) is 15.0. The van der Waals surface area contributed by atoms with Gasteiger partial charge in [0, 0.05) is 24.7 Å². The Balaban J connectivity index is 1.88. The van der Waals surface area contributed by atoms with Gasteiger partial charge in [-0.25, -0.2) is 9.59 Å². The zero-order chi connectivity index (χ0) is 16.8. The lowest BCUT2D eigenvalue weighted by atomic mass is 9.96. The molecule has 1 N–H and O–H groups in total. The van der Waals surface area contributed by atoms with Crippen LogP contribution in [0, 0.1) is 5.92 Å². The molecule has 1 heterocycles. The van der Waals surface area contributed by atoms with Gasteiger partial charge in [-0.05, 0) is 37.1 Å². The number of rotatable bonds is 3. The second-order valence-electron chi connectivity index (χ2n) is 5.29. The van der Waals surface area contributed by atoms with Gasteiger partial charge < -0.3 is 19.7 Å². The summed E-state index contributed by atoms with van der Waals surface area (Å²) in [4.78, 5) is 36.6. The van der Waals surface area contributed by atoms with Crippen LogP contribution in [0.25, 0.3) is 0 Å². The van der Waals surface area contributed by atoms with Gasteiger partial charge in [-0.2, -0.15) is 0 Å². The van der Waals surface area contributed by atoms with Gasteiger partial charge in [0.2, 0.25) is 5.91 Å². The number of likely N-dealkylation sites (tertiary alicyclic amines) is 1. The Kier molecular flexibility index (Phi) is 5.56. The summed E-state index contributed by atoms with van der Waals surface area (Å²) >= 11 is 0. The number of carbonyl (C=O) groups is 3. The van der Waals surface area contributed by atoms with E-state index in [9.17, 15) is 14.4 Å². The Hall–Kier alpha value is -2.57. The number of benzene rings is 1. The Morgan fingerprint density at radius 1 is 1.04 bits per heavy atom. The van der Waals surface area contributed by atoms with E-state index in [-0.39, 0.29) is 17.9 Å². The first kappa shape index (κ1) is 16.8. The number of piperidine rings is 1. The minimum absolute atomic E-state index is 0.0830. The molecule has 7 nitrogen and oxygen atoms in total. The SMILES string of the molecule is COC(=O)c1ccc(NC(=O)C2CCN(C(=O)OC)CC2)cc1. The number of hydrogen-bond donors (Lipinski definition) is 1. The fourth-order valence-corrected chi connectivity index (χ4v) is 2.51. The second-order valence-corrected chi connectivity index (χ2v) is 5.29. The van der Waals surface area contributed by atoms with Gasteiger partial charge >= 0.3 is 12.1 Å². The van der Waals surface area contributed by atoms with Gasteiger partial charge in [0.15, 0.2) is 0 Å². The molecule has 0 spiro atoms. The Morgan fingerprint density at radius 2 is 1.65 bits per heavy atom. The van der Waals surface area contributed by atoms with Crippen molar-refractivity contribution in [3.8, 4) is 0 Å². The van der Waals surface area contributed by atoms with Crippen molar-refractivity contribution in [3.05, 3.63) is 29.8 Å². The molecule has 1 aromatic carbocycles. The molecular formula is C16H20N2O5. The highest BCUT2D eigenvalue weighted by Gasteiger charge is 2.27. The van der Waals surface area contributed by atoms with Crippen LogP contribution in [0.4, 0.5) is 10.5 Å². The highest BCUT2D eigenvalue weighted by atomic mass is 16.5. The van der Waals surface area contributed by atoms with Crippen LogP contribution in [0.3, 0.4) is 0 Å². The summed E-state index contributed by atoms with van der Waals surface area (Å²) in [5, 5.41) is 2.83. The van der Waals surface area contributed by atoms with Crippen LogP contribution in [-0.2, 0) is 14.3 Å². The van der Waals surface area contributed by atoms with Crippen molar-refractivity contribution in [2.75, 3.05) is 32.6 Å². The van der Waals surface area contributed by atoms with Gasteiger partial charge in [0.1, 0.15) is 0 Å². The first-order valence-electron chi connectivity index (χ1n) is 7.37. The van der Waals surface area contributed by atoms with Crippen LogP contribution in [0.1, 0.15) is 23.2 Å². The molecule has 0 radical (unpaired) electrons. The quantitative estimate of drug-likeness (QED) is 0.860. The number of amides is 2. The number of esters is 1. The Labute approximate surface area is 134 Å². The molecule has 0 aliphatic carbocycles. The molecule has 0 saturated carbocycles. The Morgan fingerprint density at radius 3 is 2.17 bits per heavy atom. The third-order valence-electron chi connectivity index (χ3n) is 3.87. The lowest BCUT2D eigenvalue weighted by Crippen LogP contribution is -2.41. The maximum absolute atomic E-state index is 12.3. The third kappa shape index (κ3) is 4.21. The van der Waals surface area contributed by atoms with Gasteiger partial charge in [0.25, 0.3) is 0 Å². The first-order valence-corrected chi connectivity index (χ1v) is 7.37. The van der Waals surface area contributed by atoms with Crippen LogP contribution in [-0.4, -0.2) is 50.2 Å². The smallest absolute Gasteiger partial charge is 0.409 e. The summed E-state index contributed by atoms with van der Waals surface area (Å²) in [5.74, 6) is -0.644. The molecule has 0 aromatic heterocycles. The fraction of sp³-hybridized carbons (Fsp3) is 0.438. The van der Waals surface area contributed by atoms with Crippen molar-refractivity contribution < 1.29 is 23.9 Å². The highest BCUT2D eigenvalue weighted by Crippen LogP contribution is 2.20. The molecule has 0 bridgehead atoms. The molecule has 1 aliphatic heterocycles. The number of anilines is 1. The van der Waals surface area contributed by atoms with Gasteiger partial charge in [-0.1, -0.05) is 0 Å². The van der Waals surface area contributed by atoms with Gasteiger partial charge in [0.05, 0.1) is 19.8 Å². The maximum atomic E-state index is 12.3. The minimum atomic E-state index is -0.418. The topological polar surface area (TPSA) is 84.9 Å². The van der Waals surface area contributed by atoms with E-state index in [1.165, 1.54) is 14.2 Å². The second kappa shape index (κ2) is 7.62. The van der Waals surface area contributed by atoms with Crippen LogP contribution in [0.2, 0.25) is 0 Å². The standard InChI is InChI=1S/C16H20N2O5/c1-22-15(20)12-3-5-13(6-4-12)17-14(19)11-7-9-18(10-8-11)16(21)23-2/h3-6,11H,7-10H2,1-2H3,(H,17,19). The number of hydrogen-bond acceptors (Lipinski definition) is 5. The third-order valence-corrected chi connectivity index (χ3v) is 3.87. The fourth-order valence-electron chi connectivity index (χ4n) is 2.51. The molecule has 1 saturated heterocycles. The summed E-state index contributed by atoms with van der Waals surface area (Å²) in [7, 11) is 2.66. The summed E-state index contributed by atoms with van der Waals surface area (Å²) in [5.41, 5.74) is 1.05. The van der Waals surface area contributed by atoms with Crippen LogP contribution in [0.15, 0.2) is 24.3 Å². The van der Waals surface area contributed by atoms with E-state index in [0.717, 1.165) is 0 Å². The van der Waals surface area contributed by atoms with E-state index >= 15 is 0 Å². The molecule has 1 aromatic rings. The van der Waals surface area contributed by atoms with Gasteiger partial charge in [-0.15, -0.1) is 0 Å². The van der Waals surface area contributed by atoms with Crippen molar-refractivity contribution in [1.82, 2.24) is 4.90 Å². The molecule has 2 rings (SSSR count). The largest absolute Gasteiger partial charge is 0.465 e. The molecule has 0 unspecified atom stereocenters. The van der Waals surface area contributed by atoms with Crippen molar-refractivity contribution in [2.24, 2.45) is 5.92 Å². The monoisotopic (exact) mass is 320 g/mol. The number of methoxy groups -OCH3 is 2. The number of nitrogens with zero attached hydrogens (tertiary/aromatic N) is 1. The highest BCUT2D eigenvalue weighted by molar-refractivity contribution is 5.94. The Bertz CT molecular complexity index is 577. The van der Waals surface area contributed by atoms with Crippen molar-refractivity contribution in [3.63, 3.8) is 0 Å². The van der Waals surface area contributed by atoms with Crippen molar-refractivity contribution >= 4 is 23.7 Å². The van der Waals surface area contributed by atoms with E-state index in [1.807, 2.05) is 0 Å². The molecule has 1 fully saturated rings. The molecule has 124 valence electrons.